The van der Waals surface area contributed by atoms with Gasteiger partial charge in [0.15, 0.2) is 0 Å². The van der Waals surface area contributed by atoms with Gasteiger partial charge in [0.05, 0.1) is 18.7 Å². The molecule has 0 radical (unpaired) electrons. The highest BCUT2D eigenvalue weighted by atomic mass is 19.4. The molecular formula is C19H27F3N4O3. The number of methoxy groups -OCH3 is 1. The highest BCUT2D eigenvalue weighted by Crippen LogP contribution is 2.29. The lowest BCUT2D eigenvalue weighted by molar-refractivity contribution is -0.137. The average Bonchev–Trinajstić information content (AvgIpc) is 2.86. The zero-order chi connectivity index (χ0) is 21.3. The van der Waals surface area contributed by atoms with Gasteiger partial charge in [0.25, 0.3) is 0 Å². The summed E-state index contributed by atoms with van der Waals surface area (Å²) in [6, 6.07) is 4.65. The number of hydrogen-bond acceptors (Lipinski definition) is 5. The molecular weight excluding hydrogens is 389 g/mol. The zero-order valence-corrected chi connectivity index (χ0v) is 16.4. The maximum Gasteiger partial charge on any atom is 0.416 e. The van der Waals surface area contributed by atoms with Crippen molar-refractivity contribution in [3.05, 3.63) is 35.4 Å². The summed E-state index contributed by atoms with van der Waals surface area (Å²) in [6.07, 6.45) is -3.50. The number of imide groups is 1. The number of urea groups is 1. The molecule has 0 unspecified atom stereocenters. The molecule has 1 aromatic carbocycles. The maximum absolute atomic E-state index is 12.7. The van der Waals surface area contributed by atoms with E-state index in [2.05, 4.69) is 15.5 Å². The minimum Gasteiger partial charge on any atom is -0.383 e. The second-order valence-corrected chi connectivity index (χ2v) is 6.90. The van der Waals surface area contributed by atoms with Gasteiger partial charge in [-0.15, -0.1) is 0 Å². The van der Waals surface area contributed by atoms with Crippen LogP contribution in [-0.4, -0.2) is 74.7 Å². The smallest absolute Gasteiger partial charge is 0.383 e. The van der Waals surface area contributed by atoms with E-state index in [4.69, 9.17) is 4.74 Å². The van der Waals surface area contributed by atoms with Crippen LogP contribution in [0, 0.1) is 0 Å². The molecule has 0 aromatic heterocycles. The maximum atomic E-state index is 12.7. The van der Waals surface area contributed by atoms with Crippen molar-refractivity contribution in [3.63, 3.8) is 0 Å². The van der Waals surface area contributed by atoms with Crippen LogP contribution < -0.4 is 10.6 Å². The number of carbonyl (C=O) groups is 2. The molecule has 1 heterocycles. The molecule has 0 atom stereocenters. The number of amides is 3. The van der Waals surface area contributed by atoms with Crippen molar-refractivity contribution in [1.29, 1.82) is 0 Å². The van der Waals surface area contributed by atoms with Gasteiger partial charge in [0, 0.05) is 33.3 Å². The van der Waals surface area contributed by atoms with Crippen molar-refractivity contribution in [3.8, 4) is 0 Å². The second-order valence-electron chi connectivity index (χ2n) is 6.90. The fourth-order valence-corrected chi connectivity index (χ4v) is 3.08. The van der Waals surface area contributed by atoms with Gasteiger partial charge in [0.1, 0.15) is 0 Å². The van der Waals surface area contributed by atoms with Crippen LogP contribution in [-0.2, 0) is 22.3 Å². The van der Waals surface area contributed by atoms with Crippen LogP contribution in [0.4, 0.5) is 18.0 Å². The zero-order valence-electron chi connectivity index (χ0n) is 16.4. The van der Waals surface area contributed by atoms with Gasteiger partial charge in [0.2, 0.25) is 5.91 Å². The van der Waals surface area contributed by atoms with Crippen LogP contribution >= 0.6 is 0 Å². The molecule has 1 fully saturated rings. The van der Waals surface area contributed by atoms with E-state index in [1.807, 2.05) is 4.90 Å². The Morgan fingerprint density at radius 1 is 1.07 bits per heavy atom. The highest BCUT2D eigenvalue weighted by molar-refractivity contribution is 5.95. The topological polar surface area (TPSA) is 73.9 Å². The van der Waals surface area contributed by atoms with E-state index in [1.165, 1.54) is 19.2 Å². The first-order valence-electron chi connectivity index (χ1n) is 9.45. The van der Waals surface area contributed by atoms with E-state index < -0.39 is 17.8 Å². The van der Waals surface area contributed by atoms with Gasteiger partial charge < -0.3 is 10.1 Å². The largest absolute Gasteiger partial charge is 0.416 e. The molecule has 29 heavy (non-hydrogen) atoms. The molecule has 0 spiro atoms. The van der Waals surface area contributed by atoms with Crippen molar-refractivity contribution < 1.29 is 27.5 Å². The monoisotopic (exact) mass is 416 g/mol. The minimum absolute atomic E-state index is 0.117. The predicted molar refractivity (Wildman–Crippen MR) is 101 cm³/mol. The molecule has 2 N–H and O–H groups in total. The number of benzene rings is 1. The van der Waals surface area contributed by atoms with Gasteiger partial charge in [-0.3, -0.25) is 19.9 Å². The molecule has 1 saturated heterocycles. The van der Waals surface area contributed by atoms with Crippen molar-refractivity contribution in [2.75, 3.05) is 53.0 Å². The minimum atomic E-state index is -4.33. The fraction of sp³-hybridized carbons (Fsp3) is 0.579. The third-order valence-electron chi connectivity index (χ3n) is 4.58. The van der Waals surface area contributed by atoms with Crippen LogP contribution in [0.15, 0.2) is 24.3 Å². The Kier molecular flexibility index (Phi) is 8.87. The first-order chi connectivity index (χ1) is 13.8. The molecule has 1 aliphatic rings. The van der Waals surface area contributed by atoms with Crippen LogP contribution in [0.1, 0.15) is 17.5 Å². The Hall–Kier alpha value is -2.17. The molecule has 7 nitrogen and oxygen atoms in total. The summed E-state index contributed by atoms with van der Waals surface area (Å²) >= 11 is 0. The van der Waals surface area contributed by atoms with Crippen LogP contribution in [0.2, 0.25) is 0 Å². The summed E-state index contributed by atoms with van der Waals surface area (Å²) in [7, 11) is 1.52. The van der Waals surface area contributed by atoms with Gasteiger partial charge in [-0.25, -0.2) is 4.79 Å². The quantitative estimate of drug-likeness (QED) is 0.662. The number of nitrogens with zero attached hydrogens (tertiary/aromatic N) is 2. The average molecular weight is 416 g/mol. The van der Waals surface area contributed by atoms with Gasteiger partial charge in [-0.05, 0) is 37.2 Å². The Bertz CT molecular complexity index is 668. The number of alkyl halides is 3. The number of hydrogen-bond donors (Lipinski definition) is 2. The van der Waals surface area contributed by atoms with Crippen LogP contribution in [0.25, 0.3) is 0 Å². The highest BCUT2D eigenvalue weighted by Gasteiger charge is 2.30. The number of halogens is 3. The summed E-state index contributed by atoms with van der Waals surface area (Å²) in [4.78, 5) is 27.7. The third kappa shape index (κ3) is 8.38. The predicted octanol–water partition coefficient (Wildman–Crippen LogP) is 1.69. The lowest BCUT2D eigenvalue weighted by Crippen LogP contribution is -2.45. The Morgan fingerprint density at radius 3 is 2.38 bits per heavy atom. The summed E-state index contributed by atoms with van der Waals surface area (Å²) in [6.45, 7) is 4.18. The van der Waals surface area contributed by atoms with E-state index in [9.17, 15) is 22.8 Å². The van der Waals surface area contributed by atoms with E-state index >= 15 is 0 Å². The van der Waals surface area contributed by atoms with E-state index in [0.717, 1.165) is 30.7 Å². The number of nitrogens with one attached hydrogen (secondary N) is 2. The number of rotatable bonds is 7. The van der Waals surface area contributed by atoms with Gasteiger partial charge in [-0.2, -0.15) is 13.2 Å². The van der Waals surface area contributed by atoms with E-state index in [0.29, 0.717) is 39.3 Å². The van der Waals surface area contributed by atoms with E-state index in [1.54, 1.807) is 0 Å². The Balaban J connectivity index is 1.75. The van der Waals surface area contributed by atoms with E-state index in [-0.39, 0.29) is 12.5 Å². The normalized spacial score (nSPS) is 16.3. The van der Waals surface area contributed by atoms with Gasteiger partial charge in [-0.1, -0.05) is 12.1 Å². The summed E-state index contributed by atoms with van der Waals surface area (Å²) in [5.41, 5.74) is 0.164. The standard InChI is InChI=1S/C19H27F3N4O3/c1-29-12-7-23-18(28)24-17(27)14-26-9-2-8-25(10-11-26)13-15-3-5-16(6-4-15)19(20,21)22/h3-6H,2,7-14H2,1H3,(H2,23,24,27,28). The lowest BCUT2D eigenvalue weighted by Gasteiger charge is -2.21. The summed E-state index contributed by atoms with van der Waals surface area (Å²) in [5.74, 6) is -0.379. The first kappa shape index (κ1) is 23.1. The van der Waals surface area contributed by atoms with Crippen molar-refractivity contribution >= 4 is 11.9 Å². The fourth-order valence-electron chi connectivity index (χ4n) is 3.08. The molecule has 1 aliphatic heterocycles. The third-order valence-corrected chi connectivity index (χ3v) is 4.58. The van der Waals surface area contributed by atoms with Crippen LogP contribution in [0.5, 0.6) is 0 Å². The van der Waals surface area contributed by atoms with Crippen molar-refractivity contribution in [2.24, 2.45) is 0 Å². The van der Waals surface area contributed by atoms with Crippen LogP contribution in [0.3, 0.4) is 0 Å². The molecule has 1 aromatic rings. The SMILES string of the molecule is COCCNC(=O)NC(=O)CN1CCCN(Cc2ccc(C(F)(F)F)cc2)CC1. The molecule has 10 heteroatoms. The Morgan fingerprint density at radius 2 is 1.72 bits per heavy atom. The molecule has 3 amide bonds. The Labute approximate surface area is 168 Å². The molecule has 0 bridgehead atoms. The van der Waals surface area contributed by atoms with Crippen molar-refractivity contribution in [2.45, 2.75) is 19.1 Å². The molecule has 0 aliphatic carbocycles. The number of carbonyl (C=O) groups excluding carboxylic acids is 2. The van der Waals surface area contributed by atoms with Gasteiger partial charge >= 0.3 is 12.2 Å². The number of ether oxygens (including phenoxy) is 1. The molecule has 2 rings (SSSR count). The first-order valence-corrected chi connectivity index (χ1v) is 9.45. The molecule has 162 valence electrons. The summed E-state index contributed by atoms with van der Waals surface area (Å²) in [5, 5.41) is 4.80. The molecule has 0 saturated carbocycles. The second kappa shape index (κ2) is 11.1. The lowest BCUT2D eigenvalue weighted by atomic mass is 10.1. The van der Waals surface area contributed by atoms with Crippen molar-refractivity contribution in [1.82, 2.24) is 20.4 Å². The summed E-state index contributed by atoms with van der Waals surface area (Å²) < 4.78 is 42.8.